The number of hydrogen-bond acceptors (Lipinski definition) is 5. The summed E-state index contributed by atoms with van der Waals surface area (Å²) in [5.74, 6) is 1.70. The highest BCUT2D eigenvalue weighted by molar-refractivity contribution is 5.72. The zero-order valence-corrected chi connectivity index (χ0v) is 22.3. The minimum Gasteiger partial charge on any atom is -0.447 e. The van der Waals surface area contributed by atoms with E-state index in [1.165, 1.54) is 12.8 Å². The molecule has 2 saturated heterocycles. The molecule has 38 heavy (non-hydrogen) atoms. The highest BCUT2D eigenvalue weighted by atomic mass is 16.6. The first-order chi connectivity index (χ1) is 18.5. The Hall–Kier alpha value is -2.54. The van der Waals surface area contributed by atoms with E-state index in [0.29, 0.717) is 36.8 Å². The van der Waals surface area contributed by atoms with Crippen LogP contribution in [0, 0.1) is 35.5 Å². The van der Waals surface area contributed by atoms with Crippen LogP contribution in [0.25, 0.3) is 0 Å². The number of likely N-dealkylation sites (tertiary alicyclic amines) is 1. The number of ether oxygens (including phenoxy) is 2. The Labute approximate surface area is 225 Å². The molecule has 204 valence electrons. The summed E-state index contributed by atoms with van der Waals surface area (Å²) in [7, 11) is 0. The molecule has 1 N–H and O–H groups in total. The highest BCUT2D eigenvalue weighted by Gasteiger charge is 2.66. The van der Waals surface area contributed by atoms with Gasteiger partial charge in [0.15, 0.2) is 0 Å². The molecule has 2 bridgehead atoms. The van der Waals surface area contributed by atoms with Crippen molar-refractivity contribution in [2.75, 3.05) is 13.2 Å². The number of amides is 2. The fourth-order valence-corrected chi connectivity index (χ4v) is 9.60. The van der Waals surface area contributed by atoms with Crippen LogP contribution in [0.15, 0.2) is 42.1 Å². The van der Waals surface area contributed by atoms with Gasteiger partial charge in [-0.2, -0.15) is 0 Å². The molecule has 2 heterocycles. The number of benzene rings is 1. The van der Waals surface area contributed by atoms with E-state index < -0.39 is 5.60 Å². The van der Waals surface area contributed by atoms with Crippen molar-refractivity contribution in [1.82, 2.24) is 9.80 Å². The average molecular weight is 521 g/mol. The van der Waals surface area contributed by atoms with Crippen molar-refractivity contribution in [3.63, 3.8) is 0 Å². The molecule has 0 aromatic heterocycles. The second kappa shape index (κ2) is 9.29. The average Bonchev–Trinajstić information content (AvgIpc) is 3.45. The van der Waals surface area contributed by atoms with Gasteiger partial charge in [-0.25, -0.2) is 9.59 Å². The molecule has 2 aliphatic heterocycles. The second-order valence-corrected chi connectivity index (χ2v) is 12.8. The highest BCUT2D eigenvalue weighted by Crippen LogP contribution is 2.65. The first-order valence-corrected chi connectivity index (χ1v) is 14.8. The number of piperidine rings is 1. The van der Waals surface area contributed by atoms with Crippen molar-refractivity contribution in [2.24, 2.45) is 35.5 Å². The van der Waals surface area contributed by atoms with Gasteiger partial charge in [-0.15, -0.1) is 0 Å². The SMILES string of the molecule is C[C@@H]1CC[C@H]2C(C[C@@H]3C[C@@]2(O)[C@H]2C=C(N4CCOC4=O)[C@H]4CCCC[C@@H]4[C@@H]32)N1C(=O)OCc1ccccc1. The van der Waals surface area contributed by atoms with E-state index in [0.717, 1.165) is 49.8 Å². The fourth-order valence-electron chi connectivity index (χ4n) is 9.60. The third kappa shape index (κ3) is 3.71. The molecule has 9 atom stereocenters. The number of hydrogen-bond donors (Lipinski definition) is 1. The maximum absolute atomic E-state index is 13.5. The zero-order valence-electron chi connectivity index (χ0n) is 22.3. The van der Waals surface area contributed by atoms with Crippen molar-refractivity contribution in [3.8, 4) is 0 Å². The number of nitrogens with zero attached hydrogens (tertiary/aromatic N) is 2. The van der Waals surface area contributed by atoms with Crippen molar-refractivity contribution >= 4 is 12.2 Å². The van der Waals surface area contributed by atoms with Crippen LogP contribution in [0.5, 0.6) is 0 Å². The van der Waals surface area contributed by atoms with Gasteiger partial charge < -0.3 is 19.5 Å². The standard InChI is InChI=1S/C31H40N2O5/c1-19-11-12-24-27(33(19)30(35)38-18-20-7-3-2-4-8-20)15-21-17-31(24,36)25-16-26(32-13-14-37-29(32)34)22-9-5-6-10-23(22)28(21)25/h2-4,7-8,16,19,21-25,27-28,36H,5-6,9-15,17-18H2,1H3/t19-,21-,22+,23+,24+,25+,27?,28-,31+/m1/s1. The Kier molecular flexibility index (Phi) is 5.99. The Morgan fingerprint density at radius 1 is 1.16 bits per heavy atom. The van der Waals surface area contributed by atoms with Gasteiger partial charge in [0.2, 0.25) is 0 Å². The van der Waals surface area contributed by atoms with Gasteiger partial charge in [-0.3, -0.25) is 4.90 Å². The quantitative estimate of drug-likeness (QED) is 0.582. The van der Waals surface area contributed by atoms with E-state index in [4.69, 9.17) is 9.47 Å². The molecule has 7 rings (SSSR count). The Morgan fingerprint density at radius 3 is 2.76 bits per heavy atom. The van der Waals surface area contributed by atoms with Crippen LogP contribution in [-0.2, 0) is 16.1 Å². The second-order valence-electron chi connectivity index (χ2n) is 12.8. The van der Waals surface area contributed by atoms with Gasteiger partial charge in [0.25, 0.3) is 0 Å². The topological polar surface area (TPSA) is 79.3 Å². The first kappa shape index (κ1) is 24.5. The molecular formula is C31H40N2O5. The van der Waals surface area contributed by atoms with Crippen molar-refractivity contribution in [3.05, 3.63) is 47.7 Å². The van der Waals surface area contributed by atoms with Gasteiger partial charge in [-0.1, -0.05) is 49.2 Å². The molecular weight excluding hydrogens is 480 g/mol. The summed E-state index contributed by atoms with van der Waals surface area (Å²) >= 11 is 0. The lowest BCUT2D eigenvalue weighted by molar-refractivity contribution is -0.116. The van der Waals surface area contributed by atoms with Gasteiger partial charge in [0, 0.05) is 35.5 Å². The molecule has 5 fully saturated rings. The Morgan fingerprint density at radius 2 is 1.97 bits per heavy atom. The molecule has 1 unspecified atom stereocenters. The summed E-state index contributed by atoms with van der Waals surface area (Å²) in [6, 6.07) is 9.92. The van der Waals surface area contributed by atoms with E-state index >= 15 is 0 Å². The maximum Gasteiger partial charge on any atom is 0.414 e. The van der Waals surface area contributed by atoms with Gasteiger partial charge >= 0.3 is 12.2 Å². The number of allylic oxidation sites excluding steroid dienone is 1. The van der Waals surface area contributed by atoms with E-state index in [-0.39, 0.29) is 42.7 Å². The smallest absolute Gasteiger partial charge is 0.414 e. The van der Waals surface area contributed by atoms with Crippen molar-refractivity contribution in [1.29, 1.82) is 0 Å². The Balaban J connectivity index is 1.20. The summed E-state index contributed by atoms with van der Waals surface area (Å²) < 4.78 is 11.2. The lowest BCUT2D eigenvalue weighted by Gasteiger charge is -2.53. The van der Waals surface area contributed by atoms with Crippen LogP contribution >= 0.6 is 0 Å². The van der Waals surface area contributed by atoms with Crippen LogP contribution in [-0.4, -0.2) is 57.9 Å². The van der Waals surface area contributed by atoms with Crippen LogP contribution in [0.4, 0.5) is 9.59 Å². The molecule has 2 amide bonds. The van der Waals surface area contributed by atoms with E-state index in [2.05, 4.69) is 13.0 Å². The fraction of sp³-hybridized carbons (Fsp3) is 0.677. The molecule has 1 aromatic rings. The van der Waals surface area contributed by atoms with Gasteiger partial charge in [0.1, 0.15) is 13.2 Å². The molecule has 0 radical (unpaired) electrons. The third-order valence-electron chi connectivity index (χ3n) is 11.0. The lowest BCUT2D eigenvalue weighted by Crippen LogP contribution is -2.61. The monoisotopic (exact) mass is 520 g/mol. The minimum absolute atomic E-state index is 0.00739. The van der Waals surface area contributed by atoms with E-state index in [1.54, 1.807) is 0 Å². The molecule has 0 spiro atoms. The Bertz CT molecular complexity index is 1120. The number of carbonyl (C=O) groups excluding carboxylic acids is 2. The van der Waals surface area contributed by atoms with Gasteiger partial charge in [-0.05, 0) is 68.8 Å². The zero-order chi connectivity index (χ0) is 26.0. The predicted octanol–water partition coefficient (Wildman–Crippen LogP) is 5.34. The maximum atomic E-state index is 13.5. The summed E-state index contributed by atoms with van der Waals surface area (Å²) in [4.78, 5) is 30.0. The van der Waals surface area contributed by atoms with E-state index in [1.807, 2.05) is 40.1 Å². The molecule has 3 saturated carbocycles. The number of aliphatic hydroxyl groups is 1. The minimum atomic E-state index is -0.854. The van der Waals surface area contributed by atoms with Crippen molar-refractivity contribution < 1.29 is 24.2 Å². The summed E-state index contributed by atoms with van der Waals surface area (Å²) in [6.45, 7) is 3.44. The molecule has 7 nitrogen and oxygen atoms in total. The van der Waals surface area contributed by atoms with E-state index in [9.17, 15) is 14.7 Å². The lowest BCUT2D eigenvalue weighted by atomic mass is 9.61. The molecule has 7 heteroatoms. The molecule has 6 aliphatic rings. The summed E-state index contributed by atoms with van der Waals surface area (Å²) in [5.41, 5.74) is 1.24. The predicted molar refractivity (Wildman–Crippen MR) is 141 cm³/mol. The van der Waals surface area contributed by atoms with Crippen LogP contribution in [0.2, 0.25) is 0 Å². The van der Waals surface area contributed by atoms with Crippen molar-refractivity contribution in [2.45, 2.75) is 82.6 Å². The first-order valence-electron chi connectivity index (χ1n) is 14.8. The molecule has 1 aromatic carbocycles. The summed E-state index contributed by atoms with van der Waals surface area (Å²) in [6.07, 6.45) is 10.0. The number of carbonyl (C=O) groups is 2. The van der Waals surface area contributed by atoms with Crippen LogP contribution < -0.4 is 0 Å². The largest absolute Gasteiger partial charge is 0.447 e. The van der Waals surface area contributed by atoms with Gasteiger partial charge in [0.05, 0.1) is 12.1 Å². The molecule has 4 aliphatic carbocycles. The number of rotatable bonds is 3. The van der Waals surface area contributed by atoms with Crippen LogP contribution in [0.1, 0.15) is 63.9 Å². The normalized spacial score (nSPS) is 41.5. The van der Waals surface area contributed by atoms with Crippen LogP contribution in [0.3, 0.4) is 0 Å². The summed E-state index contributed by atoms with van der Waals surface area (Å²) in [5, 5.41) is 12.6. The number of fused-ring (bicyclic) bond motifs is 9. The number of cyclic esters (lactones) is 1. The third-order valence-corrected chi connectivity index (χ3v) is 11.0.